The van der Waals surface area contributed by atoms with Crippen LogP contribution in [0.3, 0.4) is 0 Å². The van der Waals surface area contributed by atoms with E-state index < -0.39 is 22.5 Å². The Kier molecular flexibility index (Phi) is 8.11. The molecule has 0 unspecified atom stereocenters. The Morgan fingerprint density at radius 2 is 1.71 bits per heavy atom. The molecule has 1 N–H and O–H groups in total. The Balaban J connectivity index is 1.90. The third kappa shape index (κ3) is 6.03. The Morgan fingerprint density at radius 1 is 1.03 bits per heavy atom. The molecule has 0 radical (unpaired) electrons. The van der Waals surface area contributed by atoms with Crippen molar-refractivity contribution >= 4 is 43.8 Å². The maximum atomic E-state index is 13.5. The predicted molar refractivity (Wildman–Crippen MR) is 138 cm³/mol. The second-order valence-electron chi connectivity index (χ2n) is 7.79. The van der Waals surface area contributed by atoms with E-state index in [0.717, 1.165) is 25.5 Å². The molecule has 0 aliphatic rings. The van der Waals surface area contributed by atoms with Gasteiger partial charge in [0.2, 0.25) is 0 Å². The summed E-state index contributed by atoms with van der Waals surface area (Å²) < 4.78 is 34.3. The fourth-order valence-corrected chi connectivity index (χ4v) is 5.13. The molecular weight excluding hydrogens is 518 g/mol. The zero-order valence-corrected chi connectivity index (χ0v) is 21.8. The lowest BCUT2D eigenvalue weighted by Crippen LogP contribution is -2.40. The van der Waals surface area contributed by atoms with Crippen LogP contribution in [0, 0.1) is 20.8 Å². The van der Waals surface area contributed by atoms with Gasteiger partial charge >= 0.3 is 0 Å². The van der Waals surface area contributed by atoms with Crippen molar-refractivity contribution in [1.29, 1.82) is 0 Å². The average molecular weight is 544 g/mol. The molecular formula is C25H26BrN3O4S. The first-order chi connectivity index (χ1) is 16.1. The molecule has 0 aliphatic carbocycles. The second-order valence-corrected chi connectivity index (χ2v) is 10.6. The van der Waals surface area contributed by atoms with Gasteiger partial charge in [-0.25, -0.2) is 13.8 Å². The number of nitrogens with one attached hydrogen (secondary N) is 1. The first-order valence-corrected chi connectivity index (χ1v) is 12.7. The van der Waals surface area contributed by atoms with E-state index in [1.54, 1.807) is 42.5 Å². The summed E-state index contributed by atoms with van der Waals surface area (Å²) in [6.45, 7) is 5.12. The molecule has 0 spiro atoms. The summed E-state index contributed by atoms with van der Waals surface area (Å²) in [7, 11) is -2.47. The number of rotatable bonds is 8. The molecule has 0 saturated carbocycles. The molecule has 0 saturated heterocycles. The molecule has 178 valence electrons. The number of ether oxygens (including phenoxy) is 1. The number of amides is 1. The smallest absolute Gasteiger partial charge is 0.264 e. The first-order valence-electron chi connectivity index (χ1n) is 10.4. The SMILES string of the molecule is COc1ccc(Br)cc1/C=N\NC(=O)CN(c1cc(C)ccc1C)S(=O)(=O)c1ccc(C)cc1. The number of carbonyl (C=O) groups is 1. The third-order valence-electron chi connectivity index (χ3n) is 5.11. The summed E-state index contributed by atoms with van der Waals surface area (Å²) in [5.74, 6) is 0.00182. The van der Waals surface area contributed by atoms with E-state index in [4.69, 9.17) is 4.74 Å². The van der Waals surface area contributed by atoms with Crippen LogP contribution in [0.1, 0.15) is 22.3 Å². The molecule has 3 aromatic carbocycles. The summed E-state index contributed by atoms with van der Waals surface area (Å²) in [5.41, 5.74) is 6.06. The van der Waals surface area contributed by atoms with Crippen LogP contribution in [0.25, 0.3) is 0 Å². The maximum Gasteiger partial charge on any atom is 0.264 e. The minimum Gasteiger partial charge on any atom is -0.496 e. The van der Waals surface area contributed by atoms with E-state index in [2.05, 4.69) is 26.5 Å². The second kappa shape index (κ2) is 10.8. The van der Waals surface area contributed by atoms with E-state index in [1.165, 1.54) is 13.3 Å². The topological polar surface area (TPSA) is 88.1 Å². The van der Waals surface area contributed by atoms with Gasteiger partial charge in [-0.1, -0.05) is 45.8 Å². The van der Waals surface area contributed by atoms with E-state index in [1.807, 2.05) is 39.0 Å². The molecule has 0 atom stereocenters. The summed E-state index contributed by atoms with van der Waals surface area (Å²) in [6, 6.07) is 17.4. The molecule has 0 aliphatic heterocycles. The van der Waals surface area contributed by atoms with Crippen LogP contribution < -0.4 is 14.5 Å². The molecule has 0 heterocycles. The summed E-state index contributed by atoms with van der Waals surface area (Å²) >= 11 is 3.39. The highest BCUT2D eigenvalue weighted by atomic mass is 79.9. The highest BCUT2D eigenvalue weighted by Crippen LogP contribution is 2.28. The highest BCUT2D eigenvalue weighted by molar-refractivity contribution is 9.10. The van der Waals surface area contributed by atoms with Crippen LogP contribution in [0.4, 0.5) is 5.69 Å². The van der Waals surface area contributed by atoms with Gasteiger partial charge in [-0.05, 0) is 68.3 Å². The molecule has 0 bridgehead atoms. The fraction of sp³-hybridized carbons (Fsp3) is 0.200. The van der Waals surface area contributed by atoms with Crippen molar-refractivity contribution in [3.05, 3.63) is 87.4 Å². The molecule has 0 fully saturated rings. The van der Waals surface area contributed by atoms with Crippen molar-refractivity contribution < 1.29 is 17.9 Å². The van der Waals surface area contributed by atoms with Crippen molar-refractivity contribution in [3.8, 4) is 5.75 Å². The average Bonchev–Trinajstić information content (AvgIpc) is 2.79. The van der Waals surface area contributed by atoms with E-state index in [9.17, 15) is 13.2 Å². The van der Waals surface area contributed by atoms with Gasteiger partial charge in [0.15, 0.2) is 0 Å². The van der Waals surface area contributed by atoms with Gasteiger partial charge in [0.05, 0.1) is 23.9 Å². The molecule has 0 aromatic heterocycles. The largest absolute Gasteiger partial charge is 0.496 e. The number of aryl methyl sites for hydroxylation is 3. The van der Waals surface area contributed by atoms with Crippen LogP contribution in [-0.4, -0.2) is 34.2 Å². The van der Waals surface area contributed by atoms with E-state index in [-0.39, 0.29) is 4.90 Å². The van der Waals surface area contributed by atoms with E-state index in [0.29, 0.717) is 17.0 Å². The zero-order valence-electron chi connectivity index (χ0n) is 19.4. The molecule has 1 amide bonds. The van der Waals surface area contributed by atoms with Gasteiger partial charge in [-0.3, -0.25) is 9.10 Å². The minimum absolute atomic E-state index is 0.106. The number of halogens is 1. The lowest BCUT2D eigenvalue weighted by Gasteiger charge is -2.25. The lowest BCUT2D eigenvalue weighted by atomic mass is 10.1. The molecule has 3 rings (SSSR count). The summed E-state index contributed by atoms with van der Waals surface area (Å²) in [4.78, 5) is 12.9. The van der Waals surface area contributed by atoms with Crippen molar-refractivity contribution in [2.75, 3.05) is 18.0 Å². The number of hydrazone groups is 1. The Labute approximate surface area is 208 Å². The normalized spacial score (nSPS) is 11.4. The zero-order chi connectivity index (χ0) is 24.9. The van der Waals surface area contributed by atoms with Crippen LogP contribution in [0.5, 0.6) is 5.75 Å². The standard InChI is InChI=1S/C25H26BrN3O4S/c1-17-6-10-22(11-7-17)34(31,32)29(23-13-18(2)5-8-19(23)3)16-25(30)28-27-15-20-14-21(26)9-12-24(20)33-4/h5-15H,16H2,1-4H3,(H,28,30)/b27-15-. The minimum atomic E-state index is -4.00. The van der Waals surface area contributed by atoms with Gasteiger partial charge < -0.3 is 4.74 Å². The number of methoxy groups -OCH3 is 1. The lowest BCUT2D eigenvalue weighted by molar-refractivity contribution is -0.119. The van der Waals surface area contributed by atoms with Crippen LogP contribution in [0.2, 0.25) is 0 Å². The van der Waals surface area contributed by atoms with Crippen molar-refractivity contribution in [3.63, 3.8) is 0 Å². The maximum absolute atomic E-state index is 13.5. The third-order valence-corrected chi connectivity index (χ3v) is 7.38. The van der Waals surface area contributed by atoms with Crippen molar-refractivity contribution in [2.45, 2.75) is 25.7 Å². The molecule has 7 nitrogen and oxygen atoms in total. The Hall–Kier alpha value is -3.17. The van der Waals surface area contributed by atoms with Gasteiger partial charge in [0, 0.05) is 10.0 Å². The fourth-order valence-electron chi connectivity index (χ4n) is 3.27. The number of benzene rings is 3. The van der Waals surface area contributed by atoms with Crippen LogP contribution >= 0.6 is 15.9 Å². The highest BCUT2D eigenvalue weighted by Gasteiger charge is 2.28. The number of nitrogens with zero attached hydrogens (tertiary/aromatic N) is 2. The van der Waals surface area contributed by atoms with Gasteiger partial charge in [-0.15, -0.1) is 0 Å². The number of hydrogen-bond acceptors (Lipinski definition) is 5. The molecule has 3 aromatic rings. The van der Waals surface area contributed by atoms with Gasteiger partial charge in [-0.2, -0.15) is 5.10 Å². The Bertz CT molecular complexity index is 1320. The summed E-state index contributed by atoms with van der Waals surface area (Å²) in [5, 5.41) is 4.00. The Morgan fingerprint density at radius 3 is 2.38 bits per heavy atom. The predicted octanol–water partition coefficient (Wildman–Crippen LogP) is 4.73. The van der Waals surface area contributed by atoms with Crippen molar-refractivity contribution in [1.82, 2.24) is 5.43 Å². The van der Waals surface area contributed by atoms with E-state index >= 15 is 0 Å². The quantitative estimate of drug-likeness (QED) is 0.328. The number of hydrogen-bond donors (Lipinski definition) is 1. The van der Waals surface area contributed by atoms with Gasteiger partial charge in [0.25, 0.3) is 15.9 Å². The monoisotopic (exact) mass is 543 g/mol. The summed E-state index contributed by atoms with van der Waals surface area (Å²) in [6.07, 6.45) is 1.44. The molecule has 9 heteroatoms. The van der Waals surface area contributed by atoms with Crippen LogP contribution in [0.15, 0.2) is 75.1 Å². The van der Waals surface area contributed by atoms with Crippen LogP contribution in [-0.2, 0) is 14.8 Å². The number of sulfonamides is 1. The van der Waals surface area contributed by atoms with Gasteiger partial charge in [0.1, 0.15) is 12.3 Å². The first kappa shape index (κ1) is 25.5. The number of carbonyl (C=O) groups excluding carboxylic acids is 1. The molecule has 34 heavy (non-hydrogen) atoms. The van der Waals surface area contributed by atoms with Crippen molar-refractivity contribution in [2.24, 2.45) is 5.10 Å². The number of anilines is 1.